The third-order valence-electron chi connectivity index (χ3n) is 3.47. The fourth-order valence-electron chi connectivity index (χ4n) is 2.53. The maximum atomic E-state index is 13.1. The van der Waals surface area contributed by atoms with Gasteiger partial charge in [-0.2, -0.15) is 13.2 Å². The van der Waals surface area contributed by atoms with Gasteiger partial charge in [0.25, 0.3) is 11.7 Å². The SMILES string of the molecule is COC(=O)C1=C(C(F)(F)F)ON2C(=O)c3ccc(Br)cc3C12O. The van der Waals surface area contributed by atoms with E-state index in [1.54, 1.807) is 0 Å². The summed E-state index contributed by atoms with van der Waals surface area (Å²) in [6, 6.07) is 4.00. The van der Waals surface area contributed by atoms with Crippen LogP contribution in [0.15, 0.2) is 34.0 Å². The first-order valence-electron chi connectivity index (χ1n) is 6.07. The third kappa shape index (κ3) is 1.98. The van der Waals surface area contributed by atoms with E-state index in [1.807, 2.05) is 0 Å². The molecule has 0 bridgehead atoms. The molecular formula is C13H7BrF3NO5. The molecule has 10 heteroatoms. The normalized spacial score (nSPS) is 22.9. The number of nitrogens with zero attached hydrogens (tertiary/aromatic N) is 1. The highest BCUT2D eigenvalue weighted by Crippen LogP contribution is 2.52. The minimum atomic E-state index is -5.10. The van der Waals surface area contributed by atoms with Crippen LogP contribution in [0.3, 0.4) is 0 Å². The number of fused-ring (bicyclic) bond motifs is 3. The largest absolute Gasteiger partial charge is 0.465 e. The molecule has 6 nitrogen and oxygen atoms in total. The molecule has 0 saturated heterocycles. The van der Waals surface area contributed by atoms with Gasteiger partial charge in [0.1, 0.15) is 5.57 Å². The number of hydroxylamine groups is 2. The molecule has 0 spiro atoms. The van der Waals surface area contributed by atoms with Gasteiger partial charge < -0.3 is 14.7 Å². The highest BCUT2D eigenvalue weighted by atomic mass is 79.9. The van der Waals surface area contributed by atoms with Gasteiger partial charge in [-0.25, -0.2) is 4.79 Å². The summed E-state index contributed by atoms with van der Waals surface area (Å²) in [4.78, 5) is 28.5. The summed E-state index contributed by atoms with van der Waals surface area (Å²) in [6.45, 7) is 0. The van der Waals surface area contributed by atoms with Gasteiger partial charge in [0.15, 0.2) is 0 Å². The van der Waals surface area contributed by atoms with E-state index in [4.69, 9.17) is 0 Å². The Morgan fingerprint density at radius 2 is 2.09 bits per heavy atom. The number of ether oxygens (including phenoxy) is 1. The molecule has 1 N–H and O–H groups in total. The topological polar surface area (TPSA) is 76.1 Å². The Bertz CT molecular complexity index is 775. The lowest BCUT2D eigenvalue weighted by Crippen LogP contribution is -2.42. The van der Waals surface area contributed by atoms with Crippen molar-refractivity contribution in [2.24, 2.45) is 0 Å². The zero-order chi connectivity index (χ0) is 17.2. The predicted molar refractivity (Wildman–Crippen MR) is 70.4 cm³/mol. The molecule has 2 heterocycles. The van der Waals surface area contributed by atoms with Crippen molar-refractivity contribution in [3.63, 3.8) is 0 Å². The fraction of sp³-hybridized carbons (Fsp3) is 0.231. The second-order valence-corrected chi connectivity index (χ2v) is 5.66. The number of alkyl halides is 3. The Morgan fingerprint density at radius 3 is 2.65 bits per heavy atom. The lowest BCUT2D eigenvalue weighted by molar-refractivity contribution is -0.223. The van der Waals surface area contributed by atoms with Gasteiger partial charge >= 0.3 is 12.1 Å². The molecule has 3 rings (SSSR count). The molecule has 0 aliphatic carbocycles. The smallest absolute Gasteiger partial charge is 0.453 e. The van der Waals surface area contributed by atoms with Crippen molar-refractivity contribution in [1.82, 2.24) is 5.06 Å². The number of methoxy groups -OCH3 is 1. The zero-order valence-corrected chi connectivity index (χ0v) is 12.9. The summed E-state index contributed by atoms with van der Waals surface area (Å²) in [5, 5.41) is 10.9. The summed E-state index contributed by atoms with van der Waals surface area (Å²) in [6.07, 6.45) is -5.10. The van der Waals surface area contributed by atoms with Crippen LogP contribution in [0.2, 0.25) is 0 Å². The maximum absolute atomic E-state index is 13.1. The van der Waals surface area contributed by atoms with E-state index in [2.05, 4.69) is 25.5 Å². The summed E-state index contributed by atoms with van der Waals surface area (Å²) in [5.41, 5.74) is -4.21. The van der Waals surface area contributed by atoms with Gasteiger partial charge in [-0.05, 0) is 18.2 Å². The van der Waals surface area contributed by atoms with Gasteiger partial charge in [0, 0.05) is 10.0 Å². The number of aliphatic hydroxyl groups is 1. The number of carbonyl (C=O) groups excluding carboxylic acids is 2. The van der Waals surface area contributed by atoms with Crippen molar-refractivity contribution in [2.75, 3.05) is 7.11 Å². The average molecular weight is 394 g/mol. The van der Waals surface area contributed by atoms with Crippen LogP contribution in [0.5, 0.6) is 0 Å². The van der Waals surface area contributed by atoms with E-state index in [9.17, 15) is 27.9 Å². The molecule has 2 aliphatic rings. The lowest BCUT2D eigenvalue weighted by Gasteiger charge is -2.25. The average Bonchev–Trinajstić information content (AvgIpc) is 2.89. The van der Waals surface area contributed by atoms with Crippen LogP contribution in [-0.2, 0) is 20.1 Å². The molecule has 1 aromatic carbocycles. The zero-order valence-electron chi connectivity index (χ0n) is 11.3. The van der Waals surface area contributed by atoms with Crippen LogP contribution in [0, 0.1) is 0 Å². The molecule has 23 heavy (non-hydrogen) atoms. The molecule has 0 saturated carbocycles. The highest BCUT2D eigenvalue weighted by molar-refractivity contribution is 9.10. The Labute approximate surface area is 135 Å². The second kappa shape index (κ2) is 4.71. The molecule has 2 aliphatic heterocycles. The number of esters is 1. The number of halogens is 4. The van der Waals surface area contributed by atoms with Crippen molar-refractivity contribution < 1.29 is 37.4 Å². The van der Waals surface area contributed by atoms with Crippen molar-refractivity contribution in [2.45, 2.75) is 11.9 Å². The van der Waals surface area contributed by atoms with E-state index in [-0.39, 0.29) is 16.2 Å². The van der Waals surface area contributed by atoms with Gasteiger partial charge in [-0.15, -0.1) is 5.06 Å². The minimum absolute atomic E-state index is 0.0849. The van der Waals surface area contributed by atoms with Gasteiger partial charge in [0.05, 0.1) is 12.7 Å². The van der Waals surface area contributed by atoms with Gasteiger partial charge in [-0.1, -0.05) is 15.9 Å². The summed E-state index contributed by atoms with van der Waals surface area (Å²) in [7, 11) is 0.855. The third-order valence-corrected chi connectivity index (χ3v) is 3.96. The van der Waals surface area contributed by atoms with Crippen LogP contribution in [0.25, 0.3) is 0 Å². The van der Waals surface area contributed by atoms with Crippen molar-refractivity contribution in [1.29, 1.82) is 0 Å². The molecule has 1 atom stereocenters. The van der Waals surface area contributed by atoms with Gasteiger partial charge in [0.2, 0.25) is 5.72 Å². The Morgan fingerprint density at radius 1 is 1.43 bits per heavy atom. The first-order chi connectivity index (χ1) is 10.6. The maximum Gasteiger partial charge on any atom is 0.453 e. The highest BCUT2D eigenvalue weighted by Gasteiger charge is 2.65. The first kappa shape index (κ1) is 15.8. The minimum Gasteiger partial charge on any atom is -0.465 e. The van der Waals surface area contributed by atoms with E-state index in [0.29, 0.717) is 4.47 Å². The molecular weight excluding hydrogens is 387 g/mol. The summed E-state index contributed by atoms with van der Waals surface area (Å²) < 4.78 is 44.1. The molecule has 1 aromatic rings. The number of rotatable bonds is 1. The van der Waals surface area contributed by atoms with Crippen LogP contribution in [0.1, 0.15) is 15.9 Å². The number of benzene rings is 1. The Balaban J connectivity index is 2.32. The molecule has 0 fully saturated rings. The number of carbonyl (C=O) groups is 2. The predicted octanol–water partition coefficient (Wildman–Crippen LogP) is 1.98. The number of amides is 1. The van der Waals surface area contributed by atoms with E-state index < -0.39 is 35.1 Å². The van der Waals surface area contributed by atoms with Crippen LogP contribution < -0.4 is 0 Å². The monoisotopic (exact) mass is 393 g/mol. The standard InChI is InChI=1S/C13H7BrF3NO5/c1-22-11(20)8-9(13(15,16)17)23-18-10(19)6-3-2-5(14)4-7(6)12(8,18)21/h2-4,21H,1H3. The van der Waals surface area contributed by atoms with Crippen molar-refractivity contribution in [3.05, 3.63) is 45.1 Å². The van der Waals surface area contributed by atoms with Gasteiger partial charge in [-0.3, -0.25) is 4.79 Å². The van der Waals surface area contributed by atoms with E-state index >= 15 is 0 Å². The lowest BCUT2D eigenvalue weighted by atomic mass is 9.93. The number of allylic oxidation sites excluding steroid dienone is 1. The Hall–Kier alpha value is -2.07. The first-order valence-corrected chi connectivity index (χ1v) is 6.87. The summed E-state index contributed by atoms with van der Waals surface area (Å²) in [5.74, 6) is -4.25. The van der Waals surface area contributed by atoms with E-state index in [0.717, 1.165) is 7.11 Å². The van der Waals surface area contributed by atoms with Crippen molar-refractivity contribution >= 4 is 27.8 Å². The molecule has 1 amide bonds. The van der Waals surface area contributed by atoms with Crippen molar-refractivity contribution in [3.8, 4) is 0 Å². The molecule has 122 valence electrons. The number of hydrogen-bond acceptors (Lipinski definition) is 5. The molecule has 0 radical (unpaired) electrons. The van der Waals surface area contributed by atoms with Crippen LogP contribution >= 0.6 is 15.9 Å². The van der Waals surface area contributed by atoms with Crippen LogP contribution in [0.4, 0.5) is 13.2 Å². The summed E-state index contributed by atoms with van der Waals surface area (Å²) >= 11 is 3.10. The Kier molecular flexibility index (Phi) is 3.24. The fourth-order valence-corrected chi connectivity index (χ4v) is 2.89. The quantitative estimate of drug-likeness (QED) is 0.738. The number of hydrogen-bond donors (Lipinski definition) is 1. The molecule has 0 aromatic heterocycles. The van der Waals surface area contributed by atoms with E-state index in [1.165, 1.54) is 18.2 Å². The molecule has 1 unspecified atom stereocenters. The second-order valence-electron chi connectivity index (χ2n) is 4.75. The van der Waals surface area contributed by atoms with Crippen LogP contribution in [-0.4, -0.2) is 35.3 Å².